The molecule has 0 bridgehead atoms. The van der Waals surface area contributed by atoms with Gasteiger partial charge in [0, 0.05) is 32.6 Å². The van der Waals surface area contributed by atoms with Crippen molar-refractivity contribution in [3.63, 3.8) is 0 Å². The standard InChI is InChI=1S/C33H39NO11/c1-22-9-7-12-25(19-22)26(28(37)13-8-15-42-17-18-43-16-14-35)20-29(38)30(45-23(2)36)31(41-3)32(39)34-27(21-44-33(34)40)24-10-5-4-6-11-24/h4-7,9-12,19-20,27,30-31,35H,8,13-18,21H2,1-3H3/t27-,30-,31+/m0/s1. The number of carbonyl (C=O) groups excluding carboxylic acids is 5. The van der Waals surface area contributed by atoms with Crippen molar-refractivity contribution in [1.82, 2.24) is 4.90 Å². The van der Waals surface area contributed by atoms with Crippen LogP contribution in [0, 0.1) is 6.92 Å². The molecule has 12 nitrogen and oxygen atoms in total. The summed E-state index contributed by atoms with van der Waals surface area (Å²) in [7, 11) is 1.15. The number of amides is 2. The Morgan fingerprint density at radius 2 is 1.71 bits per heavy atom. The van der Waals surface area contributed by atoms with E-state index < -0.39 is 42.0 Å². The SMILES string of the molecule is CO[C@@H](C(=O)N1C(=O)OC[C@H]1c1ccccc1)[C@@H](OC(C)=O)C(=O)C=C(C(=O)CCCOCCOCCO)c1cccc(C)c1. The van der Waals surface area contributed by atoms with Crippen molar-refractivity contribution < 1.29 is 52.8 Å². The fraction of sp³-hybridized carbons (Fsp3) is 0.424. The molecule has 1 heterocycles. The quantitative estimate of drug-likeness (QED) is 0.148. The van der Waals surface area contributed by atoms with Crippen LogP contribution >= 0.6 is 0 Å². The molecule has 0 radical (unpaired) electrons. The van der Waals surface area contributed by atoms with Crippen molar-refractivity contribution in [2.75, 3.05) is 46.8 Å². The summed E-state index contributed by atoms with van der Waals surface area (Å²) in [5.74, 6) is -3.06. The minimum Gasteiger partial charge on any atom is -0.451 e. The lowest BCUT2D eigenvalue weighted by Gasteiger charge is -2.28. The predicted octanol–water partition coefficient (Wildman–Crippen LogP) is 2.99. The first-order valence-electron chi connectivity index (χ1n) is 14.5. The molecule has 2 aromatic carbocycles. The van der Waals surface area contributed by atoms with Crippen LogP contribution in [0.25, 0.3) is 5.57 Å². The van der Waals surface area contributed by atoms with Gasteiger partial charge in [-0.3, -0.25) is 19.2 Å². The summed E-state index contributed by atoms with van der Waals surface area (Å²) in [6.45, 7) is 3.77. The Bertz CT molecular complexity index is 1360. The average molecular weight is 626 g/mol. The van der Waals surface area contributed by atoms with Crippen LogP contribution < -0.4 is 0 Å². The number of imide groups is 1. The number of methoxy groups -OCH3 is 1. The Morgan fingerprint density at radius 1 is 1.00 bits per heavy atom. The van der Waals surface area contributed by atoms with E-state index in [4.69, 9.17) is 28.8 Å². The van der Waals surface area contributed by atoms with Gasteiger partial charge in [-0.1, -0.05) is 60.2 Å². The molecule has 1 fully saturated rings. The number of rotatable bonds is 18. The minimum absolute atomic E-state index is 0.0355. The summed E-state index contributed by atoms with van der Waals surface area (Å²) in [5.41, 5.74) is 1.97. The van der Waals surface area contributed by atoms with E-state index in [1.165, 1.54) is 0 Å². The molecule has 2 aromatic rings. The van der Waals surface area contributed by atoms with Gasteiger partial charge in [0.1, 0.15) is 12.6 Å². The molecule has 0 saturated carbocycles. The van der Waals surface area contributed by atoms with E-state index in [0.29, 0.717) is 30.8 Å². The van der Waals surface area contributed by atoms with Gasteiger partial charge in [0.25, 0.3) is 5.91 Å². The number of esters is 1. The van der Waals surface area contributed by atoms with Gasteiger partial charge < -0.3 is 28.8 Å². The van der Waals surface area contributed by atoms with E-state index in [0.717, 1.165) is 30.6 Å². The van der Waals surface area contributed by atoms with Crippen LogP contribution in [0.2, 0.25) is 0 Å². The van der Waals surface area contributed by atoms with Gasteiger partial charge in [-0.15, -0.1) is 0 Å². The molecule has 1 saturated heterocycles. The van der Waals surface area contributed by atoms with E-state index in [9.17, 15) is 24.0 Å². The Balaban J connectivity index is 1.87. The van der Waals surface area contributed by atoms with E-state index in [2.05, 4.69) is 0 Å². The number of aryl methyl sites for hydroxylation is 1. The second-order valence-electron chi connectivity index (χ2n) is 10.2. The third-order valence-electron chi connectivity index (χ3n) is 6.86. The second-order valence-corrected chi connectivity index (χ2v) is 10.2. The Kier molecular flexibility index (Phi) is 14.0. The van der Waals surface area contributed by atoms with E-state index in [1.807, 2.05) is 13.0 Å². The van der Waals surface area contributed by atoms with Gasteiger partial charge in [0.05, 0.1) is 26.4 Å². The third-order valence-corrected chi connectivity index (χ3v) is 6.86. The highest BCUT2D eigenvalue weighted by molar-refractivity contribution is 6.25. The largest absolute Gasteiger partial charge is 0.451 e. The summed E-state index contributed by atoms with van der Waals surface area (Å²) >= 11 is 0. The van der Waals surface area contributed by atoms with Crippen molar-refractivity contribution in [2.24, 2.45) is 0 Å². The zero-order chi connectivity index (χ0) is 32.8. The minimum atomic E-state index is -1.81. The van der Waals surface area contributed by atoms with Crippen molar-refractivity contribution >= 4 is 35.1 Å². The van der Waals surface area contributed by atoms with Crippen LogP contribution in [0.1, 0.15) is 42.5 Å². The van der Waals surface area contributed by atoms with Crippen molar-refractivity contribution in [2.45, 2.75) is 44.9 Å². The smallest absolute Gasteiger partial charge is 0.417 e. The van der Waals surface area contributed by atoms with Crippen LogP contribution in [-0.2, 0) is 42.9 Å². The molecule has 0 spiro atoms. The Labute approximate surface area is 261 Å². The first-order chi connectivity index (χ1) is 21.7. The summed E-state index contributed by atoms with van der Waals surface area (Å²) in [6.07, 6.45) is -3.03. The van der Waals surface area contributed by atoms with Crippen molar-refractivity contribution in [3.05, 3.63) is 77.4 Å². The topological polar surface area (TPSA) is 155 Å². The number of Topliss-reactive ketones (excluding diaryl/α,β-unsaturated/α-hetero) is 1. The normalized spacial score (nSPS) is 16.2. The number of carbonyl (C=O) groups is 5. The molecule has 0 unspecified atom stereocenters. The highest BCUT2D eigenvalue weighted by Gasteiger charge is 2.46. The number of hydrogen-bond acceptors (Lipinski definition) is 11. The van der Waals surface area contributed by atoms with Gasteiger partial charge in [-0.2, -0.15) is 0 Å². The first-order valence-corrected chi connectivity index (χ1v) is 14.5. The maximum absolute atomic E-state index is 13.8. The van der Waals surface area contributed by atoms with Crippen LogP contribution in [0.5, 0.6) is 0 Å². The molecule has 12 heteroatoms. The molecule has 1 N–H and O–H groups in total. The number of ether oxygens (including phenoxy) is 5. The molecule has 242 valence electrons. The summed E-state index contributed by atoms with van der Waals surface area (Å²) in [6, 6.07) is 14.9. The maximum atomic E-state index is 13.8. The molecule has 45 heavy (non-hydrogen) atoms. The molecular weight excluding hydrogens is 586 g/mol. The number of benzene rings is 2. The van der Waals surface area contributed by atoms with Gasteiger partial charge in [-0.05, 0) is 30.5 Å². The summed E-state index contributed by atoms with van der Waals surface area (Å²) in [5, 5.41) is 8.75. The molecule has 0 aliphatic carbocycles. The highest BCUT2D eigenvalue weighted by Crippen LogP contribution is 2.30. The van der Waals surface area contributed by atoms with Gasteiger partial charge in [0.15, 0.2) is 23.8 Å². The van der Waals surface area contributed by atoms with Crippen LogP contribution in [0.15, 0.2) is 60.7 Å². The van der Waals surface area contributed by atoms with E-state index in [1.54, 1.807) is 48.5 Å². The second kappa shape index (κ2) is 17.9. The monoisotopic (exact) mass is 625 g/mol. The maximum Gasteiger partial charge on any atom is 0.417 e. The molecule has 1 aliphatic heterocycles. The number of allylic oxidation sites excluding steroid dienone is 1. The van der Waals surface area contributed by atoms with Crippen LogP contribution in [-0.4, -0.2) is 98.5 Å². The zero-order valence-corrected chi connectivity index (χ0v) is 25.6. The number of hydrogen-bond donors (Lipinski definition) is 1. The average Bonchev–Trinajstić information content (AvgIpc) is 3.42. The molecule has 3 rings (SSSR count). The van der Waals surface area contributed by atoms with E-state index >= 15 is 0 Å². The van der Waals surface area contributed by atoms with Gasteiger partial charge in [-0.25, -0.2) is 9.69 Å². The lowest BCUT2D eigenvalue weighted by molar-refractivity contribution is -0.166. The third kappa shape index (κ3) is 10.1. The van der Waals surface area contributed by atoms with Gasteiger partial charge >= 0.3 is 12.1 Å². The number of ketones is 2. The molecular formula is C33H39NO11. The lowest BCUT2D eigenvalue weighted by Crippen LogP contribution is -2.51. The van der Waals surface area contributed by atoms with Crippen LogP contribution in [0.3, 0.4) is 0 Å². The fourth-order valence-corrected chi connectivity index (χ4v) is 4.74. The van der Waals surface area contributed by atoms with E-state index in [-0.39, 0.29) is 44.2 Å². The zero-order valence-electron chi connectivity index (χ0n) is 25.6. The van der Waals surface area contributed by atoms with Crippen molar-refractivity contribution in [1.29, 1.82) is 0 Å². The van der Waals surface area contributed by atoms with Crippen LogP contribution in [0.4, 0.5) is 4.79 Å². The van der Waals surface area contributed by atoms with Crippen molar-refractivity contribution in [3.8, 4) is 0 Å². The predicted molar refractivity (Wildman–Crippen MR) is 161 cm³/mol. The molecule has 1 aliphatic rings. The molecule has 2 amide bonds. The molecule has 3 atom stereocenters. The molecule has 0 aromatic heterocycles. The highest BCUT2D eigenvalue weighted by atomic mass is 16.6. The number of cyclic esters (lactones) is 1. The fourth-order valence-electron chi connectivity index (χ4n) is 4.74. The lowest BCUT2D eigenvalue weighted by atomic mass is 9.94. The number of nitrogens with zero attached hydrogens (tertiary/aromatic N) is 1. The number of aliphatic hydroxyl groups is 1. The Morgan fingerprint density at radius 3 is 2.36 bits per heavy atom. The first kappa shape index (κ1) is 35.3. The summed E-state index contributed by atoms with van der Waals surface area (Å²) in [4.78, 5) is 66.6. The summed E-state index contributed by atoms with van der Waals surface area (Å²) < 4.78 is 26.4. The number of aliphatic hydroxyl groups excluding tert-OH is 1. The van der Waals surface area contributed by atoms with Gasteiger partial charge in [0.2, 0.25) is 0 Å². The Hall–Kier alpha value is -4.23.